The van der Waals surface area contributed by atoms with Crippen molar-refractivity contribution in [2.24, 2.45) is 28.6 Å². The van der Waals surface area contributed by atoms with E-state index in [1.54, 1.807) is 13.8 Å². The van der Waals surface area contributed by atoms with E-state index in [9.17, 15) is 44.7 Å². The highest BCUT2D eigenvalue weighted by Crippen LogP contribution is 2.69. The van der Waals surface area contributed by atoms with Gasteiger partial charge in [-0.1, -0.05) is 13.8 Å². The van der Waals surface area contributed by atoms with E-state index in [1.165, 1.54) is 13.0 Å². The summed E-state index contributed by atoms with van der Waals surface area (Å²) < 4.78 is 17.0. The summed E-state index contributed by atoms with van der Waals surface area (Å²) in [5.41, 5.74) is -5.33. The number of carbonyl (C=O) groups excluding carboxylic acids is 1. The minimum absolute atomic E-state index is 0.0175. The van der Waals surface area contributed by atoms with Crippen LogP contribution < -0.4 is 0 Å². The van der Waals surface area contributed by atoms with Crippen molar-refractivity contribution in [2.45, 2.75) is 121 Å². The van der Waals surface area contributed by atoms with E-state index in [1.807, 2.05) is 13.8 Å². The lowest BCUT2D eigenvalue weighted by Crippen LogP contribution is -2.63. The molecule has 11 heteroatoms. The summed E-state index contributed by atoms with van der Waals surface area (Å²) in [6.45, 7) is 8.42. The molecule has 0 heterocycles. The highest BCUT2D eigenvalue weighted by molar-refractivity contribution is 7.46. The third-order valence-electron chi connectivity index (χ3n) is 10.8. The second-order valence-corrected chi connectivity index (χ2v) is 14.9. The third-order valence-corrected chi connectivity index (χ3v) is 11.3. The van der Waals surface area contributed by atoms with E-state index in [0.29, 0.717) is 24.8 Å². The number of carbonyl (C=O) groups is 1. The molecule has 38 heavy (non-hydrogen) atoms. The first-order valence-corrected chi connectivity index (χ1v) is 15.2. The molecule has 7 N–H and O–H groups in total. The standard InChI is InChI=1S/C27H45O10P/c1-23(2,31)9-8-22(37-38(34,35)36)26(5,32)21-7-11-27(33)16-12-18(28)17-13-19(29)20(30)14-24(17,3)15(16)6-10-25(21,27)4/h12,15,17,19-22,29-33H,6-11,13-14H2,1-5H3,(H2,34,35,36). The number of hydrogen-bond acceptors (Lipinski definition) is 8. The molecule has 0 bridgehead atoms. The van der Waals surface area contributed by atoms with Crippen LogP contribution in [-0.4, -0.2) is 76.2 Å². The van der Waals surface area contributed by atoms with E-state index in [4.69, 9.17) is 4.52 Å². The molecule has 3 saturated carbocycles. The number of ketones is 1. The summed E-state index contributed by atoms with van der Waals surface area (Å²) in [4.78, 5) is 32.6. The minimum Gasteiger partial charge on any atom is -0.390 e. The lowest BCUT2D eigenvalue weighted by molar-refractivity contribution is -0.175. The number of allylic oxidation sites excluding steroid dienone is 1. The van der Waals surface area contributed by atoms with Crippen molar-refractivity contribution >= 4 is 13.6 Å². The Morgan fingerprint density at radius 3 is 2.29 bits per heavy atom. The summed E-state index contributed by atoms with van der Waals surface area (Å²) >= 11 is 0. The molecule has 4 rings (SSSR count). The van der Waals surface area contributed by atoms with Gasteiger partial charge in [0.05, 0.1) is 35.1 Å². The van der Waals surface area contributed by atoms with Gasteiger partial charge in [-0.15, -0.1) is 0 Å². The second kappa shape index (κ2) is 9.43. The fourth-order valence-corrected chi connectivity index (χ4v) is 9.28. The highest BCUT2D eigenvalue weighted by Gasteiger charge is 2.69. The SMILES string of the molecule is CC(C)(O)CCC(OP(=O)(O)O)C(C)(O)C1CCC2(O)C3=CC(=O)C4CC(O)C(O)CC4(C)C3CCC12C. The molecule has 10 nitrogen and oxygen atoms in total. The van der Waals surface area contributed by atoms with E-state index in [0.717, 1.165) is 0 Å². The van der Waals surface area contributed by atoms with E-state index < -0.39 is 65.6 Å². The fraction of sp³-hybridized carbons (Fsp3) is 0.889. The van der Waals surface area contributed by atoms with Crippen molar-refractivity contribution in [3.05, 3.63) is 11.6 Å². The summed E-state index contributed by atoms with van der Waals surface area (Å²) in [5.74, 6) is -1.44. The Bertz CT molecular complexity index is 1030. The minimum atomic E-state index is -4.99. The van der Waals surface area contributed by atoms with E-state index in [2.05, 4.69) is 0 Å². The van der Waals surface area contributed by atoms with Crippen molar-refractivity contribution in [3.63, 3.8) is 0 Å². The second-order valence-electron chi connectivity index (χ2n) is 13.8. The molecule has 10 atom stereocenters. The summed E-state index contributed by atoms with van der Waals surface area (Å²) in [6, 6.07) is 0. The predicted molar refractivity (Wildman–Crippen MR) is 138 cm³/mol. The number of phosphoric ester groups is 1. The Kier molecular flexibility index (Phi) is 7.51. The normalized spacial score (nSPS) is 43.9. The van der Waals surface area contributed by atoms with Crippen molar-refractivity contribution in [1.29, 1.82) is 0 Å². The summed E-state index contributed by atoms with van der Waals surface area (Å²) in [7, 11) is -4.99. The van der Waals surface area contributed by atoms with Gasteiger partial charge in [0, 0.05) is 11.3 Å². The lowest BCUT2D eigenvalue weighted by Gasteiger charge is -2.60. The Hall–Kier alpha value is -0.680. The monoisotopic (exact) mass is 560 g/mol. The molecular formula is C27H45O10P. The van der Waals surface area contributed by atoms with Gasteiger partial charge in [-0.25, -0.2) is 4.57 Å². The van der Waals surface area contributed by atoms with Gasteiger partial charge in [0.25, 0.3) is 0 Å². The van der Waals surface area contributed by atoms with Crippen molar-refractivity contribution < 1.29 is 49.2 Å². The number of hydrogen-bond donors (Lipinski definition) is 7. The molecule has 4 aliphatic rings. The van der Waals surface area contributed by atoms with Crippen LogP contribution in [0.2, 0.25) is 0 Å². The molecule has 0 saturated heterocycles. The van der Waals surface area contributed by atoms with Gasteiger partial charge in [0.2, 0.25) is 0 Å². The van der Waals surface area contributed by atoms with Gasteiger partial charge >= 0.3 is 7.82 Å². The number of aliphatic hydroxyl groups excluding tert-OH is 2. The maximum Gasteiger partial charge on any atom is 0.469 e. The lowest BCUT2D eigenvalue weighted by atomic mass is 9.45. The van der Waals surface area contributed by atoms with Crippen molar-refractivity contribution in [1.82, 2.24) is 0 Å². The molecule has 218 valence electrons. The van der Waals surface area contributed by atoms with Crippen LogP contribution in [0.1, 0.15) is 86.0 Å². The van der Waals surface area contributed by atoms with Gasteiger partial charge in [-0.3, -0.25) is 9.32 Å². The average molecular weight is 561 g/mol. The van der Waals surface area contributed by atoms with Crippen LogP contribution in [0, 0.1) is 28.6 Å². The average Bonchev–Trinajstić information content (AvgIpc) is 3.04. The van der Waals surface area contributed by atoms with Gasteiger partial charge < -0.3 is 35.3 Å². The zero-order valence-corrected chi connectivity index (χ0v) is 23.9. The first kappa shape index (κ1) is 30.3. The maximum absolute atomic E-state index is 13.3. The van der Waals surface area contributed by atoms with Crippen LogP contribution in [0.5, 0.6) is 0 Å². The van der Waals surface area contributed by atoms with Crippen LogP contribution >= 0.6 is 7.82 Å². The van der Waals surface area contributed by atoms with Crippen molar-refractivity contribution in [3.8, 4) is 0 Å². The van der Waals surface area contributed by atoms with Crippen LogP contribution in [0.3, 0.4) is 0 Å². The van der Waals surface area contributed by atoms with Gasteiger partial charge in [-0.05, 0) is 101 Å². The van der Waals surface area contributed by atoms with Crippen LogP contribution in [0.15, 0.2) is 11.6 Å². The van der Waals surface area contributed by atoms with E-state index in [-0.39, 0.29) is 43.8 Å². The number of aliphatic hydroxyl groups is 5. The molecule has 0 spiro atoms. The number of phosphoric acid groups is 1. The first-order valence-electron chi connectivity index (χ1n) is 13.7. The highest BCUT2D eigenvalue weighted by atomic mass is 31.2. The molecule has 4 aliphatic carbocycles. The number of rotatable bonds is 7. The third kappa shape index (κ3) is 4.88. The smallest absolute Gasteiger partial charge is 0.390 e. The zero-order valence-electron chi connectivity index (χ0n) is 23.0. The van der Waals surface area contributed by atoms with Crippen molar-refractivity contribution in [2.75, 3.05) is 0 Å². The molecule has 0 radical (unpaired) electrons. The quantitative estimate of drug-likeness (QED) is 0.227. The summed E-state index contributed by atoms with van der Waals surface area (Å²) in [6.07, 6.45) is 0.473. The molecule has 0 aromatic heterocycles. The Morgan fingerprint density at radius 2 is 1.71 bits per heavy atom. The predicted octanol–water partition coefficient (Wildman–Crippen LogP) is 1.97. The van der Waals surface area contributed by atoms with Crippen LogP contribution in [0.4, 0.5) is 0 Å². The maximum atomic E-state index is 13.3. The van der Waals surface area contributed by atoms with Crippen LogP contribution in [0.25, 0.3) is 0 Å². The van der Waals surface area contributed by atoms with Crippen LogP contribution in [-0.2, 0) is 13.9 Å². The summed E-state index contributed by atoms with van der Waals surface area (Å²) in [5, 5.41) is 55.2. The largest absolute Gasteiger partial charge is 0.469 e. The molecule has 3 fully saturated rings. The molecule has 0 aromatic carbocycles. The van der Waals surface area contributed by atoms with Gasteiger partial charge in [0.1, 0.15) is 0 Å². The molecule has 0 aromatic rings. The zero-order chi connectivity index (χ0) is 28.7. The Morgan fingerprint density at radius 1 is 1.08 bits per heavy atom. The topological polar surface area (TPSA) is 185 Å². The Labute approximate surface area is 224 Å². The Balaban J connectivity index is 1.70. The molecule has 10 unspecified atom stereocenters. The fourth-order valence-electron chi connectivity index (χ4n) is 8.63. The molecular weight excluding hydrogens is 515 g/mol. The molecule has 0 amide bonds. The van der Waals surface area contributed by atoms with Gasteiger partial charge in [0.15, 0.2) is 5.78 Å². The van der Waals surface area contributed by atoms with E-state index >= 15 is 0 Å². The molecule has 0 aliphatic heterocycles. The first-order chi connectivity index (χ1) is 17.2. The number of fused-ring (bicyclic) bond motifs is 5. The van der Waals surface area contributed by atoms with Gasteiger partial charge in [-0.2, -0.15) is 0 Å².